The Labute approximate surface area is 176 Å². The zero-order valence-electron chi connectivity index (χ0n) is 16.7. The normalized spacial score (nSPS) is 17.0. The highest BCUT2D eigenvalue weighted by Crippen LogP contribution is 2.40. The van der Waals surface area contributed by atoms with Crippen molar-refractivity contribution < 1.29 is 8.42 Å². The number of hydrogen-bond acceptors (Lipinski definition) is 3. The van der Waals surface area contributed by atoms with Gasteiger partial charge in [0.25, 0.3) is 0 Å². The molecule has 5 heteroatoms. The van der Waals surface area contributed by atoms with Crippen molar-refractivity contribution in [2.75, 3.05) is 6.54 Å². The van der Waals surface area contributed by atoms with Crippen molar-refractivity contribution in [2.24, 2.45) is 0 Å². The van der Waals surface area contributed by atoms with Crippen molar-refractivity contribution in [3.63, 3.8) is 0 Å². The molecule has 30 heavy (non-hydrogen) atoms. The van der Waals surface area contributed by atoms with Gasteiger partial charge in [-0.25, -0.2) is 8.42 Å². The predicted molar refractivity (Wildman–Crippen MR) is 119 cm³/mol. The van der Waals surface area contributed by atoms with Crippen LogP contribution < -0.4 is 0 Å². The number of benzene rings is 3. The van der Waals surface area contributed by atoms with Gasteiger partial charge in [-0.2, -0.15) is 4.31 Å². The van der Waals surface area contributed by atoms with Gasteiger partial charge in [0.05, 0.1) is 16.6 Å². The van der Waals surface area contributed by atoms with E-state index in [9.17, 15) is 8.42 Å². The van der Waals surface area contributed by atoms with Crippen molar-refractivity contribution in [1.82, 2.24) is 9.29 Å². The smallest absolute Gasteiger partial charge is 0.244 e. The summed E-state index contributed by atoms with van der Waals surface area (Å²) < 4.78 is 29.1. The lowest BCUT2D eigenvalue weighted by atomic mass is 9.90. The summed E-state index contributed by atoms with van der Waals surface area (Å²) in [4.78, 5) is 5.01. The van der Waals surface area contributed by atoms with Crippen LogP contribution in [0, 0.1) is 6.92 Å². The van der Waals surface area contributed by atoms with Crippen molar-refractivity contribution in [2.45, 2.75) is 24.3 Å². The Kier molecular flexibility index (Phi) is 4.65. The molecule has 0 N–H and O–H groups in total. The van der Waals surface area contributed by atoms with E-state index in [0.717, 1.165) is 27.6 Å². The summed E-state index contributed by atoms with van der Waals surface area (Å²) >= 11 is 0. The number of aromatic nitrogens is 1. The average Bonchev–Trinajstić information content (AvgIpc) is 2.78. The Morgan fingerprint density at radius 2 is 1.63 bits per heavy atom. The molecule has 0 fully saturated rings. The Bertz CT molecular complexity index is 1330. The average molecular weight is 415 g/mol. The summed E-state index contributed by atoms with van der Waals surface area (Å²) in [6, 6.07) is 24.7. The van der Waals surface area contributed by atoms with E-state index >= 15 is 0 Å². The molecule has 4 aromatic rings. The first-order valence-electron chi connectivity index (χ1n) is 10.1. The molecular weight excluding hydrogens is 392 g/mol. The van der Waals surface area contributed by atoms with Gasteiger partial charge >= 0.3 is 0 Å². The molecule has 0 spiro atoms. The second-order valence-electron chi connectivity index (χ2n) is 7.70. The maximum atomic E-state index is 13.7. The lowest BCUT2D eigenvalue weighted by Crippen LogP contribution is -2.41. The van der Waals surface area contributed by atoms with E-state index in [-0.39, 0.29) is 0 Å². The standard InChI is InChI=1S/C25H22N2O2S/c1-18-10-12-21(13-11-18)30(28,29)27-17-15-20-7-3-5-9-23(20)25(27)24-22-8-4-2-6-19(22)14-16-26-24/h2-14,16,25H,15,17H2,1H3/t25-/m1/s1. The molecule has 5 rings (SSSR count). The quantitative estimate of drug-likeness (QED) is 0.480. The number of fused-ring (bicyclic) bond motifs is 2. The second kappa shape index (κ2) is 7.35. The fraction of sp³-hybridized carbons (Fsp3) is 0.160. The first kappa shape index (κ1) is 19.0. The largest absolute Gasteiger partial charge is 0.259 e. The third-order valence-electron chi connectivity index (χ3n) is 5.83. The molecule has 0 unspecified atom stereocenters. The summed E-state index contributed by atoms with van der Waals surface area (Å²) in [6.07, 6.45) is 2.45. The molecule has 3 aromatic carbocycles. The fourth-order valence-corrected chi connectivity index (χ4v) is 5.87. The molecule has 1 aliphatic heterocycles. The van der Waals surface area contributed by atoms with Crippen LogP contribution in [0.25, 0.3) is 10.8 Å². The number of hydrogen-bond donors (Lipinski definition) is 0. The van der Waals surface area contributed by atoms with Gasteiger partial charge in [0.15, 0.2) is 0 Å². The van der Waals surface area contributed by atoms with E-state index in [1.807, 2.05) is 67.6 Å². The predicted octanol–water partition coefficient (Wildman–Crippen LogP) is 4.88. The highest BCUT2D eigenvalue weighted by molar-refractivity contribution is 7.89. The van der Waals surface area contributed by atoms with Gasteiger partial charge in [0.1, 0.15) is 0 Å². The van der Waals surface area contributed by atoms with E-state index in [0.29, 0.717) is 17.9 Å². The van der Waals surface area contributed by atoms with Crippen LogP contribution in [0.3, 0.4) is 0 Å². The van der Waals surface area contributed by atoms with Crippen LogP contribution in [0.4, 0.5) is 0 Å². The number of aryl methyl sites for hydroxylation is 1. The third kappa shape index (κ3) is 3.11. The highest BCUT2D eigenvalue weighted by atomic mass is 32.2. The Morgan fingerprint density at radius 1 is 0.900 bits per heavy atom. The first-order chi connectivity index (χ1) is 14.6. The lowest BCUT2D eigenvalue weighted by molar-refractivity contribution is 0.341. The molecule has 0 bridgehead atoms. The Hall–Kier alpha value is -3.02. The fourth-order valence-electron chi connectivity index (χ4n) is 4.29. The highest BCUT2D eigenvalue weighted by Gasteiger charge is 2.38. The van der Waals surface area contributed by atoms with Crippen LogP contribution >= 0.6 is 0 Å². The maximum Gasteiger partial charge on any atom is 0.244 e. The zero-order valence-corrected chi connectivity index (χ0v) is 17.5. The number of pyridine rings is 1. The molecule has 0 radical (unpaired) electrons. The minimum absolute atomic E-state index is 0.317. The van der Waals surface area contributed by atoms with Crippen molar-refractivity contribution in [3.8, 4) is 0 Å². The number of rotatable bonds is 3. The molecular formula is C25H22N2O2S. The molecule has 4 nitrogen and oxygen atoms in total. The van der Waals surface area contributed by atoms with Gasteiger partial charge in [0, 0.05) is 18.1 Å². The molecule has 0 saturated heterocycles. The maximum absolute atomic E-state index is 13.7. The van der Waals surface area contributed by atoms with Gasteiger partial charge in [-0.15, -0.1) is 0 Å². The van der Waals surface area contributed by atoms with Gasteiger partial charge < -0.3 is 0 Å². The number of nitrogens with zero attached hydrogens (tertiary/aromatic N) is 2. The summed E-state index contributed by atoms with van der Waals surface area (Å²) in [5, 5.41) is 2.03. The molecule has 1 aliphatic rings. The van der Waals surface area contributed by atoms with E-state index in [4.69, 9.17) is 4.98 Å². The summed E-state index contributed by atoms with van der Waals surface area (Å²) in [7, 11) is -3.69. The van der Waals surface area contributed by atoms with Gasteiger partial charge in [-0.05, 0) is 48.1 Å². The topological polar surface area (TPSA) is 50.3 Å². The molecule has 1 aromatic heterocycles. The Morgan fingerprint density at radius 3 is 2.47 bits per heavy atom. The van der Waals surface area contributed by atoms with Gasteiger partial charge in [0.2, 0.25) is 10.0 Å². The minimum atomic E-state index is -3.69. The van der Waals surface area contributed by atoms with Crippen LogP contribution in [-0.4, -0.2) is 24.3 Å². The second-order valence-corrected chi connectivity index (χ2v) is 9.59. The van der Waals surface area contributed by atoms with Crippen LogP contribution in [-0.2, 0) is 16.4 Å². The lowest BCUT2D eigenvalue weighted by Gasteiger charge is -2.36. The van der Waals surface area contributed by atoms with E-state index in [1.165, 1.54) is 5.56 Å². The number of sulfonamides is 1. The zero-order chi connectivity index (χ0) is 20.7. The molecule has 150 valence electrons. The Balaban J connectivity index is 1.74. The summed E-state index contributed by atoms with van der Waals surface area (Å²) in [5.74, 6) is 0. The van der Waals surface area contributed by atoms with Crippen LogP contribution in [0.5, 0.6) is 0 Å². The van der Waals surface area contributed by atoms with E-state index < -0.39 is 16.1 Å². The van der Waals surface area contributed by atoms with Crippen LogP contribution in [0.1, 0.15) is 28.4 Å². The minimum Gasteiger partial charge on any atom is -0.259 e. The molecule has 2 heterocycles. The van der Waals surface area contributed by atoms with Crippen LogP contribution in [0.15, 0.2) is 90.0 Å². The summed E-state index contributed by atoms with van der Waals surface area (Å²) in [6.45, 7) is 2.37. The monoisotopic (exact) mass is 414 g/mol. The molecule has 0 saturated carbocycles. The van der Waals surface area contributed by atoms with Crippen molar-refractivity contribution in [1.29, 1.82) is 0 Å². The molecule has 0 amide bonds. The van der Waals surface area contributed by atoms with Crippen molar-refractivity contribution >= 4 is 20.8 Å². The third-order valence-corrected chi connectivity index (χ3v) is 7.71. The van der Waals surface area contributed by atoms with E-state index in [1.54, 1.807) is 22.6 Å². The first-order valence-corrected chi connectivity index (χ1v) is 11.5. The van der Waals surface area contributed by atoms with E-state index in [2.05, 4.69) is 6.07 Å². The summed E-state index contributed by atoms with van der Waals surface area (Å²) in [5.41, 5.74) is 3.98. The molecule has 1 atom stereocenters. The van der Waals surface area contributed by atoms with Crippen LogP contribution in [0.2, 0.25) is 0 Å². The van der Waals surface area contributed by atoms with Crippen molar-refractivity contribution in [3.05, 3.63) is 107 Å². The molecule has 0 aliphatic carbocycles. The SMILES string of the molecule is Cc1ccc(S(=O)(=O)N2CCc3ccccc3[C@@H]2c2nccc3ccccc23)cc1. The van der Waals surface area contributed by atoms with Gasteiger partial charge in [-0.3, -0.25) is 4.98 Å². The van der Waals surface area contributed by atoms with Gasteiger partial charge in [-0.1, -0.05) is 66.2 Å².